The third-order valence-corrected chi connectivity index (χ3v) is 4.82. The third kappa shape index (κ3) is 2.62. The summed E-state index contributed by atoms with van der Waals surface area (Å²) in [5, 5.41) is 2.38. The van der Waals surface area contributed by atoms with E-state index in [1.807, 2.05) is 0 Å². The first-order valence-electron chi connectivity index (χ1n) is 6.95. The van der Waals surface area contributed by atoms with Gasteiger partial charge in [0, 0.05) is 35.2 Å². The number of benzene rings is 1. The zero-order chi connectivity index (χ0) is 13.2. The van der Waals surface area contributed by atoms with Crippen molar-refractivity contribution in [2.75, 3.05) is 23.3 Å². The number of aryl methyl sites for hydroxylation is 1. The summed E-state index contributed by atoms with van der Waals surface area (Å²) in [6, 6.07) is 10.7. The van der Waals surface area contributed by atoms with Gasteiger partial charge in [-0.15, -0.1) is 0 Å². The van der Waals surface area contributed by atoms with Gasteiger partial charge < -0.3 is 4.90 Å². The van der Waals surface area contributed by atoms with Crippen LogP contribution in [-0.2, 0) is 0 Å². The molecule has 1 aliphatic rings. The van der Waals surface area contributed by atoms with E-state index in [0.29, 0.717) is 0 Å². The van der Waals surface area contributed by atoms with Crippen molar-refractivity contribution in [1.82, 2.24) is 4.98 Å². The summed E-state index contributed by atoms with van der Waals surface area (Å²) in [5.41, 5.74) is 3.57. The fourth-order valence-electron chi connectivity index (χ4n) is 2.96. The molecule has 1 saturated heterocycles. The van der Waals surface area contributed by atoms with Crippen molar-refractivity contribution in [1.29, 1.82) is 0 Å². The highest BCUT2D eigenvalue weighted by atomic mass is 79.9. The van der Waals surface area contributed by atoms with E-state index in [2.05, 4.69) is 63.1 Å². The molecule has 3 rings (SSSR count). The first-order valence-corrected chi connectivity index (χ1v) is 8.07. The first-order chi connectivity index (χ1) is 9.28. The van der Waals surface area contributed by atoms with E-state index in [9.17, 15) is 0 Å². The van der Waals surface area contributed by atoms with Crippen LogP contribution in [-0.4, -0.2) is 23.4 Å². The van der Waals surface area contributed by atoms with E-state index in [1.165, 1.54) is 23.9 Å². The summed E-state index contributed by atoms with van der Waals surface area (Å²) in [4.78, 5) is 7.17. The number of aromatic nitrogens is 1. The fraction of sp³-hybridized carbons (Fsp3) is 0.438. The number of anilines is 1. The Morgan fingerprint density at radius 2 is 2.21 bits per heavy atom. The molecular formula is C16H19BrN2. The van der Waals surface area contributed by atoms with Crippen LogP contribution >= 0.6 is 15.9 Å². The number of halogens is 1. The second kappa shape index (κ2) is 5.49. The van der Waals surface area contributed by atoms with Crippen molar-refractivity contribution in [3.05, 3.63) is 36.0 Å². The van der Waals surface area contributed by atoms with Gasteiger partial charge >= 0.3 is 0 Å². The zero-order valence-electron chi connectivity index (χ0n) is 11.3. The van der Waals surface area contributed by atoms with Gasteiger partial charge in [0.05, 0.1) is 5.52 Å². The van der Waals surface area contributed by atoms with Crippen LogP contribution in [0.5, 0.6) is 0 Å². The Balaban J connectivity index is 2.03. The fourth-order valence-corrected chi connectivity index (χ4v) is 3.49. The van der Waals surface area contributed by atoms with Gasteiger partial charge in [-0.05, 0) is 37.8 Å². The molecule has 19 heavy (non-hydrogen) atoms. The summed E-state index contributed by atoms with van der Waals surface area (Å²) in [5.74, 6) is 0.765. The highest BCUT2D eigenvalue weighted by Gasteiger charge is 2.20. The Bertz CT molecular complexity index is 582. The van der Waals surface area contributed by atoms with Gasteiger partial charge in [-0.2, -0.15) is 0 Å². The normalized spacial score (nSPS) is 19.9. The molecule has 0 amide bonds. The van der Waals surface area contributed by atoms with Crippen LogP contribution in [0, 0.1) is 12.8 Å². The largest absolute Gasteiger partial charge is 0.371 e. The summed E-state index contributed by atoms with van der Waals surface area (Å²) < 4.78 is 0. The lowest BCUT2D eigenvalue weighted by Gasteiger charge is -2.34. The van der Waals surface area contributed by atoms with Gasteiger partial charge in [-0.25, -0.2) is 0 Å². The van der Waals surface area contributed by atoms with Crippen LogP contribution in [0.25, 0.3) is 10.9 Å². The van der Waals surface area contributed by atoms with Crippen molar-refractivity contribution in [2.45, 2.75) is 19.8 Å². The highest BCUT2D eigenvalue weighted by Crippen LogP contribution is 2.30. The van der Waals surface area contributed by atoms with Crippen LogP contribution in [0.4, 0.5) is 5.69 Å². The molecule has 0 N–H and O–H groups in total. The van der Waals surface area contributed by atoms with Gasteiger partial charge in [-0.1, -0.05) is 34.1 Å². The van der Waals surface area contributed by atoms with E-state index < -0.39 is 0 Å². The molecule has 1 aromatic heterocycles. The Morgan fingerprint density at radius 3 is 3.05 bits per heavy atom. The minimum Gasteiger partial charge on any atom is -0.371 e. The molecule has 2 heterocycles. The average Bonchev–Trinajstić information content (AvgIpc) is 2.46. The molecule has 0 saturated carbocycles. The van der Waals surface area contributed by atoms with Crippen LogP contribution in [0.1, 0.15) is 18.5 Å². The molecule has 2 aromatic rings. The monoisotopic (exact) mass is 318 g/mol. The van der Waals surface area contributed by atoms with E-state index in [0.717, 1.165) is 35.5 Å². The Labute approximate surface area is 123 Å². The Kier molecular flexibility index (Phi) is 3.74. The van der Waals surface area contributed by atoms with Crippen LogP contribution < -0.4 is 4.90 Å². The van der Waals surface area contributed by atoms with Gasteiger partial charge in [0.2, 0.25) is 0 Å². The van der Waals surface area contributed by atoms with Crippen molar-refractivity contribution >= 4 is 32.5 Å². The van der Waals surface area contributed by atoms with Crippen LogP contribution in [0.2, 0.25) is 0 Å². The number of nitrogens with zero attached hydrogens (tertiary/aromatic N) is 2. The molecule has 1 fully saturated rings. The predicted molar refractivity (Wildman–Crippen MR) is 85.2 cm³/mol. The lowest BCUT2D eigenvalue weighted by Crippen LogP contribution is -2.36. The summed E-state index contributed by atoms with van der Waals surface area (Å²) >= 11 is 3.64. The molecule has 0 radical (unpaired) electrons. The topological polar surface area (TPSA) is 16.1 Å². The molecule has 0 spiro atoms. The quantitative estimate of drug-likeness (QED) is 0.773. The molecule has 0 aliphatic carbocycles. The number of alkyl halides is 1. The Hall–Kier alpha value is -1.09. The van der Waals surface area contributed by atoms with Crippen molar-refractivity contribution < 1.29 is 0 Å². The van der Waals surface area contributed by atoms with Crippen molar-refractivity contribution in [3.8, 4) is 0 Å². The van der Waals surface area contributed by atoms with Gasteiger partial charge in [-0.3, -0.25) is 4.98 Å². The third-order valence-electron chi connectivity index (χ3n) is 3.90. The van der Waals surface area contributed by atoms with Crippen molar-refractivity contribution in [3.63, 3.8) is 0 Å². The molecule has 0 bridgehead atoms. The average molecular weight is 319 g/mol. The van der Waals surface area contributed by atoms with Gasteiger partial charge in [0.25, 0.3) is 0 Å². The highest BCUT2D eigenvalue weighted by molar-refractivity contribution is 9.09. The van der Waals surface area contributed by atoms with E-state index >= 15 is 0 Å². The Morgan fingerprint density at radius 1 is 1.37 bits per heavy atom. The number of hydrogen-bond acceptors (Lipinski definition) is 2. The molecule has 100 valence electrons. The lowest BCUT2D eigenvalue weighted by molar-refractivity contribution is 0.455. The first kappa shape index (κ1) is 12.9. The number of rotatable bonds is 2. The summed E-state index contributed by atoms with van der Waals surface area (Å²) in [7, 11) is 0. The minimum atomic E-state index is 0.765. The number of hydrogen-bond donors (Lipinski definition) is 0. The minimum absolute atomic E-state index is 0.765. The second-order valence-electron chi connectivity index (χ2n) is 5.41. The molecule has 2 nitrogen and oxygen atoms in total. The number of para-hydroxylation sites is 1. The summed E-state index contributed by atoms with van der Waals surface area (Å²) in [6.07, 6.45) is 2.62. The molecule has 1 aliphatic heterocycles. The second-order valence-corrected chi connectivity index (χ2v) is 6.06. The SMILES string of the molecule is Cc1cc(N2CCCC(CBr)C2)c2ccccc2n1. The number of piperidine rings is 1. The zero-order valence-corrected chi connectivity index (χ0v) is 12.9. The van der Waals surface area contributed by atoms with Crippen LogP contribution in [0.3, 0.4) is 0 Å². The molecule has 1 atom stereocenters. The number of pyridine rings is 1. The standard InChI is InChI=1S/C16H19BrN2/c1-12-9-16(14-6-2-3-7-15(14)18-12)19-8-4-5-13(10-17)11-19/h2-3,6-7,9,13H,4-5,8,10-11H2,1H3. The maximum Gasteiger partial charge on any atom is 0.0726 e. The van der Waals surface area contributed by atoms with E-state index in [-0.39, 0.29) is 0 Å². The molecule has 1 unspecified atom stereocenters. The predicted octanol–water partition coefficient (Wildman–Crippen LogP) is 4.15. The molecular weight excluding hydrogens is 300 g/mol. The van der Waals surface area contributed by atoms with Crippen LogP contribution in [0.15, 0.2) is 30.3 Å². The lowest BCUT2D eigenvalue weighted by atomic mass is 9.99. The maximum absolute atomic E-state index is 4.63. The van der Waals surface area contributed by atoms with E-state index in [4.69, 9.17) is 0 Å². The molecule has 1 aromatic carbocycles. The summed E-state index contributed by atoms with van der Waals surface area (Å²) in [6.45, 7) is 4.40. The maximum atomic E-state index is 4.63. The number of fused-ring (bicyclic) bond motifs is 1. The molecule has 3 heteroatoms. The van der Waals surface area contributed by atoms with Crippen molar-refractivity contribution in [2.24, 2.45) is 5.92 Å². The van der Waals surface area contributed by atoms with E-state index in [1.54, 1.807) is 0 Å². The van der Waals surface area contributed by atoms with Gasteiger partial charge in [0.15, 0.2) is 0 Å². The smallest absolute Gasteiger partial charge is 0.0726 e. The van der Waals surface area contributed by atoms with Gasteiger partial charge in [0.1, 0.15) is 0 Å².